The summed E-state index contributed by atoms with van der Waals surface area (Å²) in [5, 5.41) is 15.2. The number of nitrogens with zero attached hydrogens (tertiary/aromatic N) is 3. The Morgan fingerprint density at radius 3 is 2.59 bits per heavy atom. The van der Waals surface area contributed by atoms with Gasteiger partial charge in [-0.05, 0) is 67.8 Å². The van der Waals surface area contributed by atoms with E-state index in [9.17, 15) is 13.9 Å². The maximum absolute atomic E-state index is 15.5. The minimum Gasteiger partial charge on any atom is -0.488 e. The van der Waals surface area contributed by atoms with Gasteiger partial charge in [0.05, 0.1) is 12.7 Å². The van der Waals surface area contributed by atoms with Gasteiger partial charge in [0.2, 0.25) is 5.95 Å². The van der Waals surface area contributed by atoms with Crippen molar-refractivity contribution in [2.45, 2.75) is 26.4 Å². The third-order valence-electron chi connectivity index (χ3n) is 6.41. The maximum atomic E-state index is 15.5. The highest BCUT2D eigenvalue weighted by Crippen LogP contribution is 2.45. The van der Waals surface area contributed by atoms with Crippen molar-refractivity contribution in [3.63, 3.8) is 0 Å². The molecule has 192 valence electrons. The van der Waals surface area contributed by atoms with E-state index in [1.54, 1.807) is 44.3 Å². The second kappa shape index (κ2) is 10.5. The van der Waals surface area contributed by atoms with Gasteiger partial charge < -0.3 is 15.6 Å². The second-order valence-electron chi connectivity index (χ2n) is 8.80. The van der Waals surface area contributed by atoms with Gasteiger partial charge in [0.15, 0.2) is 23.0 Å². The molecular weight excluding hydrogens is 481 g/mol. The monoisotopic (exact) mass is 508 g/mol. The zero-order valence-corrected chi connectivity index (χ0v) is 20.5. The molecule has 1 unspecified atom stereocenters. The first kappa shape index (κ1) is 26.0. The van der Waals surface area contributed by atoms with E-state index in [1.807, 2.05) is 0 Å². The van der Waals surface area contributed by atoms with Gasteiger partial charge in [0.1, 0.15) is 5.82 Å². The number of pyridine rings is 1. The third kappa shape index (κ3) is 5.08. The van der Waals surface area contributed by atoms with Gasteiger partial charge >= 0.3 is 0 Å². The Hall–Kier alpha value is -4.11. The Labute approximate surface area is 212 Å². The van der Waals surface area contributed by atoms with Crippen LogP contribution in [0.4, 0.5) is 19.1 Å². The Morgan fingerprint density at radius 2 is 1.92 bits per heavy atom. The molecule has 6 nitrogen and oxygen atoms in total. The molecule has 4 aromatic rings. The molecule has 37 heavy (non-hydrogen) atoms. The topological polar surface area (TPSA) is 85.7 Å². The van der Waals surface area contributed by atoms with Crippen LogP contribution in [0, 0.1) is 22.9 Å². The lowest BCUT2D eigenvalue weighted by molar-refractivity contribution is 0.0640. The van der Waals surface area contributed by atoms with E-state index in [4.69, 9.17) is 10.5 Å². The number of benzene rings is 2. The standard InChI is InChI=1S/C28H27F3N4O2/c1-4-12-28(17(2)3,26(36)18-5-7-20(29)8-6-18)13-15-37-25-22(30)10-9-21(24(25)31)19-11-14-35-23(16-19)33-27(32)34-35/h4-12,14,16,26,36H,2,13,15H2,1,3H3,(H2,32,34)/b12-4+/t26-,28?/m1/s1. The normalized spacial score (nSPS) is 14.1. The summed E-state index contributed by atoms with van der Waals surface area (Å²) >= 11 is 0. The molecule has 2 atom stereocenters. The maximum Gasteiger partial charge on any atom is 0.240 e. The first-order valence-electron chi connectivity index (χ1n) is 11.6. The fourth-order valence-corrected chi connectivity index (χ4v) is 4.42. The first-order chi connectivity index (χ1) is 17.7. The van der Waals surface area contributed by atoms with Crippen molar-refractivity contribution in [1.29, 1.82) is 0 Å². The minimum absolute atomic E-state index is 0.0747. The number of fused-ring (bicyclic) bond motifs is 1. The molecular formula is C28H27F3N4O2. The predicted molar refractivity (Wildman–Crippen MR) is 136 cm³/mol. The van der Waals surface area contributed by atoms with Crippen molar-refractivity contribution >= 4 is 11.6 Å². The highest BCUT2D eigenvalue weighted by molar-refractivity contribution is 5.69. The quantitative estimate of drug-likeness (QED) is 0.269. The predicted octanol–water partition coefficient (Wildman–Crippen LogP) is 6.04. The smallest absolute Gasteiger partial charge is 0.240 e. The molecule has 0 fully saturated rings. The lowest BCUT2D eigenvalue weighted by Crippen LogP contribution is -2.30. The minimum atomic E-state index is -1.09. The lowest BCUT2D eigenvalue weighted by atomic mass is 9.71. The van der Waals surface area contributed by atoms with Gasteiger partial charge in [-0.1, -0.05) is 36.4 Å². The molecule has 0 saturated heterocycles. The molecule has 0 aliphatic heterocycles. The van der Waals surface area contributed by atoms with Crippen LogP contribution < -0.4 is 10.5 Å². The van der Waals surface area contributed by atoms with E-state index >= 15 is 4.39 Å². The van der Waals surface area contributed by atoms with Gasteiger partial charge in [-0.2, -0.15) is 4.98 Å². The number of nitrogens with two attached hydrogens (primary N) is 1. The summed E-state index contributed by atoms with van der Waals surface area (Å²) in [4.78, 5) is 4.07. The van der Waals surface area contributed by atoms with Gasteiger partial charge in [-0.25, -0.2) is 17.7 Å². The first-order valence-corrected chi connectivity index (χ1v) is 11.6. The molecule has 0 radical (unpaired) electrons. The van der Waals surface area contributed by atoms with Crippen molar-refractivity contribution in [2.24, 2.45) is 5.41 Å². The van der Waals surface area contributed by atoms with Crippen molar-refractivity contribution in [2.75, 3.05) is 12.3 Å². The number of aliphatic hydroxyl groups excluding tert-OH is 1. The SMILES string of the molecule is C=C(C)C(/C=C/C)(CCOc1c(F)ccc(-c2ccn3nc(N)nc3c2)c1F)[C@H](O)c1ccc(F)cc1. The van der Waals surface area contributed by atoms with Crippen LogP contribution >= 0.6 is 0 Å². The molecule has 0 saturated carbocycles. The Balaban J connectivity index is 1.61. The summed E-state index contributed by atoms with van der Waals surface area (Å²) in [6.07, 6.45) is 4.17. The van der Waals surface area contributed by atoms with Crippen molar-refractivity contribution < 1.29 is 23.0 Å². The zero-order chi connectivity index (χ0) is 26.7. The molecule has 0 aliphatic carbocycles. The number of allylic oxidation sites excluding steroid dienone is 1. The number of aliphatic hydroxyl groups is 1. The fourth-order valence-electron chi connectivity index (χ4n) is 4.42. The average Bonchev–Trinajstić information content (AvgIpc) is 3.24. The summed E-state index contributed by atoms with van der Waals surface area (Å²) in [6.45, 7) is 7.45. The van der Waals surface area contributed by atoms with E-state index in [-0.39, 0.29) is 24.5 Å². The van der Waals surface area contributed by atoms with Crippen LogP contribution in [0.3, 0.4) is 0 Å². The van der Waals surface area contributed by atoms with Crippen LogP contribution in [0.2, 0.25) is 0 Å². The molecule has 4 rings (SSSR count). The molecule has 0 spiro atoms. The molecule has 2 heterocycles. The number of nitrogen functional groups attached to an aromatic ring is 1. The molecule has 0 amide bonds. The molecule has 3 N–H and O–H groups in total. The number of aromatic nitrogens is 3. The zero-order valence-electron chi connectivity index (χ0n) is 20.5. The summed E-state index contributed by atoms with van der Waals surface area (Å²) in [7, 11) is 0. The van der Waals surface area contributed by atoms with E-state index in [2.05, 4.69) is 16.7 Å². The van der Waals surface area contributed by atoms with Crippen LogP contribution in [-0.4, -0.2) is 26.3 Å². The second-order valence-corrected chi connectivity index (χ2v) is 8.80. The average molecular weight is 509 g/mol. The van der Waals surface area contributed by atoms with E-state index in [1.165, 1.54) is 34.8 Å². The Kier molecular flexibility index (Phi) is 7.35. The summed E-state index contributed by atoms with van der Waals surface area (Å²) < 4.78 is 50.6. The van der Waals surface area contributed by atoms with Gasteiger partial charge in [-0.15, -0.1) is 5.10 Å². The van der Waals surface area contributed by atoms with Crippen molar-refractivity contribution in [3.8, 4) is 16.9 Å². The molecule has 0 bridgehead atoms. The van der Waals surface area contributed by atoms with Crippen molar-refractivity contribution in [3.05, 3.63) is 102 Å². The highest BCUT2D eigenvalue weighted by atomic mass is 19.1. The van der Waals surface area contributed by atoms with Crippen LogP contribution in [-0.2, 0) is 0 Å². The van der Waals surface area contributed by atoms with Gasteiger partial charge in [0, 0.05) is 17.2 Å². The summed E-state index contributed by atoms with van der Waals surface area (Å²) in [5.74, 6) is -2.62. The van der Waals surface area contributed by atoms with E-state index in [0.29, 0.717) is 22.3 Å². The van der Waals surface area contributed by atoms with Crippen molar-refractivity contribution in [1.82, 2.24) is 14.6 Å². The molecule has 2 aromatic heterocycles. The number of hydrogen-bond acceptors (Lipinski definition) is 5. The number of ether oxygens (including phenoxy) is 1. The van der Waals surface area contributed by atoms with Gasteiger partial charge in [-0.3, -0.25) is 0 Å². The van der Waals surface area contributed by atoms with Crippen LogP contribution in [0.5, 0.6) is 5.75 Å². The fraction of sp³-hybridized carbons (Fsp3) is 0.214. The van der Waals surface area contributed by atoms with E-state index in [0.717, 1.165) is 6.07 Å². The summed E-state index contributed by atoms with van der Waals surface area (Å²) in [6, 6.07) is 11.1. The Bertz CT molecular complexity index is 1470. The molecule has 9 heteroatoms. The largest absolute Gasteiger partial charge is 0.488 e. The molecule has 0 aliphatic rings. The van der Waals surface area contributed by atoms with Crippen LogP contribution in [0.25, 0.3) is 16.8 Å². The highest BCUT2D eigenvalue weighted by Gasteiger charge is 2.37. The Morgan fingerprint density at radius 1 is 1.19 bits per heavy atom. The van der Waals surface area contributed by atoms with Crippen LogP contribution in [0.1, 0.15) is 31.9 Å². The number of rotatable bonds is 9. The number of hydrogen-bond donors (Lipinski definition) is 2. The van der Waals surface area contributed by atoms with Gasteiger partial charge in [0.25, 0.3) is 0 Å². The molecule has 2 aromatic carbocycles. The van der Waals surface area contributed by atoms with E-state index < -0.39 is 34.7 Å². The number of anilines is 1. The van der Waals surface area contributed by atoms with Crippen LogP contribution in [0.15, 0.2) is 79.0 Å². The third-order valence-corrected chi connectivity index (χ3v) is 6.41. The lowest BCUT2D eigenvalue weighted by Gasteiger charge is -2.37. The number of halogens is 3. The summed E-state index contributed by atoms with van der Waals surface area (Å²) in [5.41, 5.74) is 6.66.